The van der Waals surface area contributed by atoms with E-state index in [1.165, 1.54) is 12.8 Å². The van der Waals surface area contributed by atoms with Crippen LogP contribution in [0, 0.1) is 0 Å². The zero-order valence-electron chi connectivity index (χ0n) is 12.8. The highest BCUT2D eigenvalue weighted by Crippen LogP contribution is 2.30. The number of hydrogen-bond acceptors (Lipinski definition) is 4. The summed E-state index contributed by atoms with van der Waals surface area (Å²) in [6.07, 6.45) is 4.46. The highest BCUT2D eigenvalue weighted by Gasteiger charge is 2.13. The lowest BCUT2D eigenvalue weighted by molar-refractivity contribution is -0.137. The van der Waals surface area contributed by atoms with Crippen LogP contribution in [0.2, 0.25) is 0 Å². The number of carboxylic acids is 1. The monoisotopic (exact) mass is 295 g/mol. The fourth-order valence-electron chi connectivity index (χ4n) is 2.05. The molecule has 21 heavy (non-hydrogen) atoms. The Morgan fingerprint density at radius 1 is 1.29 bits per heavy atom. The summed E-state index contributed by atoms with van der Waals surface area (Å²) in [5, 5.41) is 8.78. The van der Waals surface area contributed by atoms with Crippen molar-refractivity contribution >= 4 is 5.97 Å². The first-order valence-corrected chi connectivity index (χ1v) is 7.36. The summed E-state index contributed by atoms with van der Waals surface area (Å²) in [5.41, 5.74) is 6.58. The van der Waals surface area contributed by atoms with Crippen molar-refractivity contribution < 1.29 is 19.4 Å². The summed E-state index contributed by atoms with van der Waals surface area (Å²) in [6, 6.07) is 4.78. The molecule has 0 bridgehead atoms. The molecule has 0 spiro atoms. The molecule has 0 heterocycles. The first-order valence-electron chi connectivity index (χ1n) is 7.36. The van der Waals surface area contributed by atoms with Crippen molar-refractivity contribution in [3.8, 4) is 11.5 Å². The molecule has 1 unspecified atom stereocenters. The van der Waals surface area contributed by atoms with Gasteiger partial charge < -0.3 is 20.3 Å². The lowest BCUT2D eigenvalue weighted by Crippen LogP contribution is -2.15. The smallest absolute Gasteiger partial charge is 0.305 e. The Hall–Kier alpha value is -1.75. The zero-order valence-corrected chi connectivity index (χ0v) is 12.8. The van der Waals surface area contributed by atoms with Crippen molar-refractivity contribution in [2.24, 2.45) is 5.73 Å². The highest BCUT2D eigenvalue weighted by atomic mass is 16.5. The van der Waals surface area contributed by atoms with Gasteiger partial charge >= 0.3 is 5.97 Å². The third-order valence-electron chi connectivity index (χ3n) is 3.27. The van der Waals surface area contributed by atoms with Crippen molar-refractivity contribution in [1.29, 1.82) is 0 Å². The van der Waals surface area contributed by atoms with Gasteiger partial charge in [0, 0.05) is 6.04 Å². The molecule has 5 nitrogen and oxygen atoms in total. The maximum absolute atomic E-state index is 10.7. The van der Waals surface area contributed by atoms with Gasteiger partial charge in [-0.25, -0.2) is 0 Å². The Bertz CT molecular complexity index is 448. The Labute approximate surface area is 126 Å². The number of aliphatic carboxylic acids is 1. The van der Waals surface area contributed by atoms with Crippen LogP contribution in [-0.4, -0.2) is 24.8 Å². The number of carboxylic acid groups (broad SMARTS) is 1. The Morgan fingerprint density at radius 2 is 2.05 bits per heavy atom. The van der Waals surface area contributed by atoms with E-state index < -0.39 is 12.0 Å². The minimum Gasteiger partial charge on any atom is -0.493 e. The molecule has 1 aromatic carbocycles. The molecular formula is C16H25NO4. The van der Waals surface area contributed by atoms with Crippen LogP contribution in [0.4, 0.5) is 0 Å². The maximum Gasteiger partial charge on any atom is 0.305 e. The van der Waals surface area contributed by atoms with Gasteiger partial charge in [-0.1, -0.05) is 32.3 Å². The minimum absolute atomic E-state index is 0.111. The van der Waals surface area contributed by atoms with E-state index in [0.29, 0.717) is 18.1 Å². The van der Waals surface area contributed by atoms with Gasteiger partial charge in [0.25, 0.3) is 0 Å². The highest BCUT2D eigenvalue weighted by molar-refractivity contribution is 5.68. The van der Waals surface area contributed by atoms with Gasteiger partial charge in [0.05, 0.1) is 20.1 Å². The molecule has 0 aromatic heterocycles. The summed E-state index contributed by atoms with van der Waals surface area (Å²) in [5.74, 6) is 0.335. The normalized spacial score (nSPS) is 12.0. The lowest BCUT2D eigenvalue weighted by Gasteiger charge is -2.15. The Balaban J connectivity index is 2.63. The average Bonchev–Trinajstić information content (AvgIpc) is 2.46. The lowest BCUT2D eigenvalue weighted by atomic mass is 10.0. The van der Waals surface area contributed by atoms with Gasteiger partial charge in [-0.3, -0.25) is 4.79 Å². The molecule has 1 atom stereocenters. The van der Waals surface area contributed by atoms with Crippen LogP contribution in [-0.2, 0) is 4.79 Å². The molecular weight excluding hydrogens is 270 g/mol. The van der Waals surface area contributed by atoms with E-state index in [0.717, 1.165) is 18.4 Å². The van der Waals surface area contributed by atoms with Gasteiger partial charge in [-0.05, 0) is 24.1 Å². The van der Waals surface area contributed by atoms with Crippen molar-refractivity contribution in [1.82, 2.24) is 0 Å². The fraction of sp³-hybridized carbons (Fsp3) is 0.562. The molecule has 0 amide bonds. The second-order valence-corrected chi connectivity index (χ2v) is 5.02. The van der Waals surface area contributed by atoms with Crippen molar-refractivity contribution in [3.05, 3.63) is 23.8 Å². The third kappa shape index (κ3) is 6.04. The van der Waals surface area contributed by atoms with Crippen molar-refractivity contribution in [3.63, 3.8) is 0 Å². The Kier molecular flexibility index (Phi) is 7.61. The van der Waals surface area contributed by atoms with E-state index in [-0.39, 0.29) is 6.42 Å². The quantitative estimate of drug-likeness (QED) is 0.648. The molecule has 0 saturated heterocycles. The zero-order chi connectivity index (χ0) is 15.7. The third-order valence-corrected chi connectivity index (χ3v) is 3.27. The summed E-state index contributed by atoms with van der Waals surface area (Å²) in [4.78, 5) is 10.7. The summed E-state index contributed by atoms with van der Waals surface area (Å²) < 4.78 is 11.0. The van der Waals surface area contributed by atoms with E-state index in [9.17, 15) is 4.79 Å². The molecule has 1 rings (SSSR count). The molecule has 118 valence electrons. The number of nitrogens with two attached hydrogens (primary N) is 1. The second-order valence-electron chi connectivity index (χ2n) is 5.02. The molecule has 3 N–H and O–H groups in total. The van der Waals surface area contributed by atoms with E-state index in [1.54, 1.807) is 25.3 Å². The second kappa shape index (κ2) is 9.23. The van der Waals surface area contributed by atoms with Crippen LogP contribution in [0.15, 0.2) is 18.2 Å². The maximum atomic E-state index is 10.7. The van der Waals surface area contributed by atoms with Crippen LogP contribution in [0.25, 0.3) is 0 Å². The first-order chi connectivity index (χ1) is 10.1. The predicted molar refractivity (Wildman–Crippen MR) is 81.8 cm³/mol. The van der Waals surface area contributed by atoms with Crippen LogP contribution < -0.4 is 15.2 Å². The number of unbranched alkanes of at least 4 members (excludes halogenated alkanes) is 3. The van der Waals surface area contributed by atoms with Gasteiger partial charge in [0.2, 0.25) is 0 Å². The molecule has 1 aromatic rings. The molecule has 0 aliphatic carbocycles. The number of hydrogen-bond donors (Lipinski definition) is 2. The van der Waals surface area contributed by atoms with E-state index in [4.69, 9.17) is 20.3 Å². The average molecular weight is 295 g/mol. The van der Waals surface area contributed by atoms with Gasteiger partial charge in [0.15, 0.2) is 11.5 Å². The largest absolute Gasteiger partial charge is 0.493 e. The number of methoxy groups -OCH3 is 1. The number of rotatable bonds is 10. The van der Waals surface area contributed by atoms with Gasteiger partial charge in [0.1, 0.15) is 0 Å². The van der Waals surface area contributed by atoms with Crippen molar-refractivity contribution in [2.45, 2.75) is 45.1 Å². The molecule has 0 aliphatic rings. The minimum atomic E-state index is -0.919. The summed E-state index contributed by atoms with van der Waals surface area (Å²) in [7, 11) is 1.56. The van der Waals surface area contributed by atoms with Gasteiger partial charge in [-0.15, -0.1) is 0 Å². The van der Waals surface area contributed by atoms with Crippen molar-refractivity contribution in [2.75, 3.05) is 13.7 Å². The Morgan fingerprint density at radius 3 is 2.67 bits per heavy atom. The van der Waals surface area contributed by atoms with Gasteiger partial charge in [-0.2, -0.15) is 0 Å². The predicted octanol–water partition coefficient (Wildman–Crippen LogP) is 3.13. The fourth-order valence-corrected chi connectivity index (χ4v) is 2.05. The summed E-state index contributed by atoms with van der Waals surface area (Å²) in [6.45, 7) is 2.82. The number of benzene rings is 1. The number of carbonyl (C=O) groups is 1. The van der Waals surface area contributed by atoms with Crippen LogP contribution in [0.5, 0.6) is 11.5 Å². The topological polar surface area (TPSA) is 81.8 Å². The van der Waals surface area contributed by atoms with Crippen LogP contribution in [0.1, 0.15) is 50.6 Å². The standard InChI is InChI=1S/C16H25NO4/c1-3-4-5-6-9-21-14-8-7-12(10-15(14)20-2)13(17)11-16(18)19/h7-8,10,13H,3-6,9,11,17H2,1-2H3,(H,18,19). The SMILES string of the molecule is CCCCCCOc1ccc(C(N)CC(=O)O)cc1OC. The van der Waals surface area contributed by atoms with E-state index in [2.05, 4.69) is 6.92 Å². The van der Waals surface area contributed by atoms with E-state index in [1.807, 2.05) is 0 Å². The molecule has 0 radical (unpaired) electrons. The number of ether oxygens (including phenoxy) is 2. The first kappa shape index (κ1) is 17.3. The molecule has 5 heteroatoms. The van der Waals surface area contributed by atoms with Crippen LogP contribution in [0.3, 0.4) is 0 Å². The molecule has 0 saturated carbocycles. The molecule has 0 fully saturated rings. The summed E-state index contributed by atoms with van der Waals surface area (Å²) >= 11 is 0. The van der Waals surface area contributed by atoms with Crippen LogP contribution >= 0.6 is 0 Å². The molecule has 0 aliphatic heterocycles. The van der Waals surface area contributed by atoms with E-state index >= 15 is 0 Å².